The summed E-state index contributed by atoms with van der Waals surface area (Å²) in [6.45, 7) is 1.92. The molecule has 0 saturated heterocycles. The topological polar surface area (TPSA) is 93.5 Å². The van der Waals surface area contributed by atoms with E-state index in [0.29, 0.717) is 33.3 Å². The second kappa shape index (κ2) is 7.93. The Bertz CT molecular complexity index is 1450. The SMILES string of the molecule is COc1cc(Nc2nc(-c3ccc(Cl)cc3F)c3[nH]cnc3n2)ccc1-n1cnc(C)c1. The van der Waals surface area contributed by atoms with Crippen LogP contribution in [0.25, 0.3) is 28.1 Å². The van der Waals surface area contributed by atoms with Crippen LogP contribution in [0.1, 0.15) is 5.69 Å². The zero-order valence-corrected chi connectivity index (χ0v) is 17.9. The number of nitrogens with one attached hydrogen (secondary N) is 2. The third-order valence-electron chi connectivity index (χ3n) is 4.90. The maximum Gasteiger partial charge on any atom is 0.229 e. The molecule has 5 rings (SSSR count). The van der Waals surface area contributed by atoms with Crippen LogP contribution in [-0.4, -0.2) is 36.6 Å². The zero-order chi connectivity index (χ0) is 22.2. The average Bonchev–Trinajstić information content (AvgIpc) is 3.42. The molecule has 10 heteroatoms. The summed E-state index contributed by atoms with van der Waals surface area (Å²) in [5, 5.41) is 3.46. The van der Waals surface area contributed by atoms with E-state index in [4.69, 9.17) is 16.3 Å². The van der Waals surface area contributed by atoms with Crippen molar-refractivity contribution in [2.24, 2.45) is 0 Å². The zero-order valence-electron chi connectivity index (χ0n) is 17.1. The molecule has 2 aromatic carbocycles. The van der Waals surface area contributed by atoms with Crippen molar-refractivity contribution in [1.29, 1.82) is 0 Å². The number of nitrogens with zero attached hydrogens (tertiary/aromatic N) is 5. The van der Waals surface area contributed by atoms with Crippen molar-refractivity contribution >= 4 is 34.4 Å². The van der Waals surface area contributed by atoms with Crippen LogP contribution in [-0.2, 0) is 0 Å². The Morgan fingerprint density at radius 1 is 1.12 bits per heavy atom. The molecule has 0 bridgehead atoms. The predicted octanol–water partition coefficient (Wildman–Crippen LogP) is 5.06. The molecule has 0 unspecified atom stereocenters. The number of ether oxygens (including phenoxy) is 1. The summed E-state index contributed by atoms with van der Waals surface area (Å²) < 4.78 is 22.0. The molecule has 0 fully saturated rings. The molecule has 0 radical (unpaired) electrons. The largest absolute Gasteiger partial charge is 0.494 e. The first-order valence-electron chi connectivity index (χ1n) is 9.64. The maximum atomic E-state index is 14.6. The lowest BCUT2D eigenvalue weighted by Gasteiger charge is -2.13. The Hall–Kier alpha value is -3.98. The lowest BCUT2D eigenvalue weighted by atomic mass is 10.1. The number of aromatic nitrogens is 6. The van der Waals surface area contributed by atoms with E-state index in [0.717, 1.165) is 11.4 Å². The molecule has 0 aliphatic heterocycles. The fourth-order valence-electron chi connectivity index (χ4n) is 3.42. The maximum absolute atomic E-state index is 14.6. The van der Waals surface area contributed by atoms with Crippen LogP contribution in [0.15, 0.2) is 55.2 Å². The highest BCUT2D eigenvalue weighted by atomic mass is 35.5. The monoisotopic (exact) mass is 449 g/mol. The number of imidazole rings is 2. The van der Waals surface area contributed by atoms with Gasteiger partial charge >= 0.3 is 0 Å². The fourth-order valence-corrected chi connectivity index (χ4v) is 3.58. The summed E-state index contributed by atoms with van der Waals surface area (Å²) in [7, 11) is 1.60. The highest BCUT2D eigenvalue weighted by Gasteiger charge is 2.16. The second-order valence-corrected chi connectivity index (χ2v) is 7.49. The van der Waals surface area contributed by atoms with E-state index in [9.17, 15) is 4.39 Å². The quantitative estimate of drug-likeness (QED) is 0.389. The minimum absolute atomic E-state index is 0.266. The molecule has 0 aliphatic rings. The van der Waals surface area contributed by atoms with Crippen LogP contribution >= 0.6 is 11.6 Å². The van der Waals surface area contributed by atoms with Gasteiger partial charge in [-0.05, 0) is 37.3 Å². The van der Waals surface area contributed by atoms with Gasteiger partial charge in [-0.3, -0.25) is 0 Å². The van der Waals surface area contributed by atoms with Crippen molar-refractivity contribution in [3.63, 3.8) is 0 Å². The van der Waals surface area contributed by atoms with Crippen molar-refractivity contribution in [2.45, 2.75) is 6.92 Å². The Labute approximate surface area is 187 Å². The summed E-state index contributed by atoms with van der Waals surface area (Å²) in [6.07, 6.45) is 5.12. The summed E-state index contributed by atoms with van der Waals surface area (Å²) in [6, 6.07) is 10.0. The first kappa shape index (κ1) is 20.0. The number of benzene rings is 2. The summed E-state index contributed by atoms with van der Waals surface area (Å²) in [5.74, 6) is 0.416. The van der Waals surface area contributed by atoms with Gasteiger partial charge in [0.25, 0.3) is 0 Å². The number of aryl methyl sites for hydroxylation is 1. The Balaban J connectivity index is 1.55. The second-order valence-electron chi connectivity index (χ2n) is 7.06. The minimum atomic E-state index is -0.486. The van der Waals surface area contributed by atoms with Crippen LogP contribution in [0.5, 0.6) is 5.75 Å². The number of halogens is 2. The molecule has 2 N–H and O–H groups in total. The van der Waals surface area contributed by atoms with E-state index in [1.54, 1.807) is 25.6 Å². The molecule has 8 nitrogen and oxygen atoms in total. The van der Waals surface area contributed by atoms with Crippen molar-refractivity contribution in [2.75, 3.05) is 12.4 Å². The van der Waals surface area contributed by atoms with E-state index >= 15 is 0 Å². The highest BCUT2D eigenvalue weighted by Crippen LogP contribution is 2.31. The lowest BCUT2D eigenvalue weighted by molar-refractivity contribution is 0.413. The number of H-pyrrole nitrogens is 1. The number of methoxy groups -OCH3 is 1. The number of anilines is 2. The third-order valence-corrected chi connectivity index (χ3v) is 5.13. The molecule has 0 atom stereocenters. The van der Waals surface area contributed by atoms with Crippen molar-refractivity contribution in [3.8, 4) is 22.7 Å². The first-order valence-corrected chi connectivity index (χ1v) is 10.0. The van der Waals surface area contributed by atoms with Crippen LogP contribution in [0.4, 0.5) is 16.0 Å². The minimum Gasteiger partial charge on any atom is -0.494 e. The van der Waals surface area contributed by atoms with Gasteiger partial charge in [-0.1, -0.05) is 11.6 Å². The molecular weight excluding hydrogens is 433 g/mol. The van der Waals surface area contributed by atoms with Gasteiger partial charge in [-0.25, -0.2) is 19.3 Å². The number of fused-ring (bicyclic) bond motifs is 1. The summed E-state index contributed by atoms with van der Waals surface area (Å²) in [5.41, 5.74) is 4.03. The van der Waals surface area contributed by atoms with Crippen molar-refractivity contribution < 1.29 is 9.13 Å². The van der Waals surface area contributed by atoms with E-state index in [-0.39, 0.29) is 11.5 Å². The molecule has 0 spiro atoms. The average molecular weight is 450 g/mol. The molecule has 3 heterocycles. The van der Waals surface area contributed by atoms with Crippen molar-refractivity contribution in [3.05, 3.63) is 71.8 Å². The number of hydrogen-bond acceptors (Lipinski definition) is 6. The third kappa shape index (κ3) is 3.63. The summed E-state index contributed by atoms with van der Waals surface area (Å²) in [4.78, 5) is 20.4. The van der Waals surface area contributed by atoms with Gasteiger partial charge in [0.2, 0.25) is 5.95 Å². The van der Waals surface area contributed by atoms with Gasteiger partial charge in [-0.15, -0.1) is 0 Å². The van der Waals surface area contributed by atoms with Crippen LogP contribution < -0.4 is 10.1 Å². The molecule has 5 aromatic rings. The predicted molar refractivity (Wildman–Crippen MR) is 120 cm³/mol. The molecule has 3 aromatic heterocycles. The normalized spacial score (nSPS) is 11.1. The Kier molecular flexibility index (Phi) is 4.95. The van der Waals surface area contributed by atoms with Gasteiger partial charge in [0.15, 0.2) is 5.65 Å². The van der Waals surface area contributed by atoms with E-state index in [1.807, 2.05) is 35.9 Å². The number of hydrogen-bond donors (Lipinski definition) is 2. The Morgan fingerprint density at radius 2 is 2.00 bits per heavy atom. The van der Waals surface area contributed by atoms with E-state index in [1.165, 1.54) is 12.4 Å². The molecule has 0 amide bonds. The van der Waals surface area contributed by atoms with E-state index < -0.39 is 5.82 Å². The van der Waals surface area contributed by atoms with Crippen LogP contribution in [0, 0.1) is 12.7 Å². The van der Waals surface area contributed by atoms with Gasteiger partial charge in [0.05, 0.1) is 31.1 Å². The lowest BCUT2D eigenvalue weighted by Crippen LogP contribution is -2.02. The molecule has 32 heavy (non-hydrogen) atoms. The van der Waals surface area contributed by atoms with Gasteiger partial charge in [-0.2, -0.15) is 4.98 Å². The number of aromatic amines is 1. The highest BCUT2D eigenvalue weighted by molar-refractivity contribution is 6.30. The molecule has 160 valence electrons. The van der Waals surface area contributed by atoms with Gasteiger partial charge in [0, 0.05) is 28.5 Å². The Morgan fingerprint density at radius 3 is 2.75 bits per heavy atom. The van der Waals surface area contributed by atoms with Crippen LogP contribution in [0.3, 0.4) is 0 Å². The fraction of sp³-hybridized carbons (Fsp3) is 0.0909. The van der Waals surface area contributed by atoms with Crippen LogP contribution in [0.2, 0.25) is 5.02 Å². The van der Waals surface area contributed by atoms with Crippen molar-refractivity contribution in [1.82, 2.24) is 29.5 Å². The number of rotatable bonds is 5. The molecule has 0 aliphatic carbocycles. The first-order chi connectivity index (χ1) is 15.5. The molecule has 0 saturated carbocycles. The van der Waals surface area contributed by atoms with Gasteiger partial charge in [0.1, 0.15) is 22.8 Å². The smallest absolute Gasteiger partial charge is 0.229 e. The standard InChI is InChI=1S/C22H17ClFN7O/c1-12-9-31(11-27-12)17-6-4-14(8-18(17)32-2)28-22-29-19(20-21(30-22)26-10-25-20)15-5-3-13(23)7-16(15)24/h3-11H,1-2H3,(H2,25,26,28,29,30). The van der Waals surface area contributed by atoms with Gasteiger partial charge < -0.3 is 19.6 Å². The van der Waals surface area contributed by atoms with E-state index in [2.05, 4.69) is 30.2 Å². The summed E-state index contributed by atoms with van der Waals surface area (Å²) >= 11 is 5.90. The molecular formula is C22H17ClFN7O.